The Balaban J connectivity index is 2.25. The molecular formula is C13H11Br2N3O2. The van der Waals surface area contributed by atoms with Crippen LogP contribution in [0.1, 0.15) is 18.5 Å². The maximum Gasteiger partial charge on any atom is 0.312 e. The zero-order valence-electron chi connectivity index (χ0n) is 10.5. The highest BCUT2D eigenvalue weighted by Crippen LogP contribution is 2.28. The van der Waals surface area contributed by atoms with E-state index >= 15 is 0 Å². The summed E-state index contributed by atoms with van der Waals surface area (Å²) in [6.45, 7) is 1.93. The Hall–Kier alpha value is -1.47. The van der Waals surface area contributed by atoms with E-state index in [9.17, 15) is 10.1 Å². The number of nitro groups is 1. The van der Waals surface area contributed by atoms with Crippen LogP contribution in [0.15, 0.2) is 45.5 Å². The summed E-state index contributed by atoms with van der Waals surface area (Å²) in [5.74, 6) is 0.258. The van der Waals surface area contributed by atoms with Crippen LogP contribution >= 0.6 is 31.9 Å². The van der Waals surface area contributed by atoms with Crippen LogP contribution in [0.5, 0.6) is 0 Å². The molecule has 0 spiro atoms. The van der Waals surface area contributed by atoms with E-state index in [1.165, 1.54) is 12.3 Å². The van der Waals surface area contributed by atoms with Crippen molar-refractivity contribution in [3.05, 3.63) is 61.2 Å². The standard InChI is InChI=1S/C13H11Br2N3O2/c1-8(9-2-4-10(14)5-3-9)17-13-12(18(19)20)6-11(15)7-16-13/h2-8H,1H3,(H,16,17). The number of nitrogens with one attached hydrogen (secondary N) is 1. The molecule has 1 atom stereocenters. The third kappa shape index (κ3) is 3.55. The van der Waals surface area contributed by atoms with Crippen molar-refractivity contribution in [1.82, 2.24) is 4.98 Å². The number of pyridine rings is 1. The summed E-state index contributed by atoms with van der Waals surface area (Å²) >= 11 is 6.56. The Morgan fingerprint density at radius 3 is 2.50 bits per heavy atom. The maximum atomic E-state index is 11.0. The first-order valence-electron chi connectivity index (χ1n) is 5.79. The van der Waals surface area contributed by atoms with E-state index in [0.29, 0.717) is 4.47 Å². The van der Waals surface area contributed by atoms with Crippen LogP contribution < -0.4 is 5.32 Å². The first kappa shape index (κ1) is 14.9. The molecule has 0 aliphatic rings. The lowest BCUT2D eigenvalue weighted by atomic mass is 10.1. The first-order chi connectivity index (χ1) is 9.47. The van der Waals surface area contributed by atoms with Crippen LogP contribution in [0.4, 0.5) is 11.5 Å². The minimum absolute atomic E-state index is 0.0525. The number of halogens is 2. The molecular weight excluding hydrogens is 390 g/mol. The second-order valence-electron chi connectivity index (χ2n) is 4.20. The van der Waals surface area contributed by atoms with Gasteiger partial charge in [-0.15, -0.1) is 0 Å². The van der Waals surface area contributed by atoms with Gasteiger partial charge in [-0.3, -0.25) is 10.1 Å². The van der Waals surface area contributed by atoms with E-state index < -0.39 is 4.92 Å². The van der Waals surface area contributed by atoms with Gasteiger partial charge in [-0.2, -0.15) is 0 Å². The average Bonchev–Trinajstić information content (AvgIpc) is 2.41. The number of aromatic nitrogens is 1. The number of rotatable bonds is 4. The predicted molar refractivity (Wildman–Crippen MR) is 84.8 cm³/mol. The number of hydrogen-bond acceptors (Lipinski definition) is 4. The predicted octanol–water partition coefficient (Wildman–Crippen LogP) is 4.69. The van der Waals surface area contributed by atoms with E-state index in [-0.39, 0.29) is 17.5 Å². The molecule has 104 valence electrons. The summed E-state index contributed by atoms with van der Waals surface area (Å²) in [6, 6.07) is 9.10. The van der Waals surface area contributed by atoms with Crippen molar-refractivity contribution < 1.29 is 4.92 Å². The van der Waals surface area contributed by atoms with Crippen LogP contribution in [-0.2, 0) is 0 Å². The molecule has 0 bridgehead atoms. The van der Waals surface area contributed by atoms with Gasteiger partial charge in [0.25, 0.3) is 0 Å². The second-order valence-corrected chi connectivity index (χ2v) is 6.03. The largest absolute Gasteiger partial charge is 0.358 e. The average molecular weight is 401 g/mol. The van der Waals surface area contributed by atoms with Gasteiger partial charge in [0, 0.05) is 21.2 Å². The highest BCUT2D eigenvalue weighted by Gasteiger charge is 2.18. The van der Waals surface area contributed by atoms with Crippen molar-refractivity contribution in [2.24, 2.45) is 0 Å². The molecule has 5 nitrogen and oxygen atoms in total. The van der Waals surface area contributed by atoms with Crippen molar-refractivity contribution in [3.8, 4) is 0 Å². The fourth-order valence-corrected chi connectivity index (χ4v) is 2.30. The summed E-state index contributed by atoms with van der Waals surface area (Å²) in [5, 5.41) is 14.1. The molecule has 2 aromatic rings. The van der Waals surface area contributed by atoms with E-state index in [1.54, 1.807) is 0 Å². The Bertz CT molecular complexity index is 632. The normalized spacial score (nSPS) is 11.9. The van der Waals surface area contributed by atoms with E-state index in [4.69, 9.17) is 0 Å². The Labute approximate surface area is 132 Å². The van der Waals surface area contributed by atoms with Gasteiger partial charge in [0.15, 0.2) is 0 Å². The zero-order chi connectivity index (χ0) is 14.7. The van der Waals surface area contributed by atoms with Gasteiger partial charge in [0.05, 0.1) is 11.0 Å². The lowest BCUT2D eigenvalue weighted by molar-refractivity contribution is -0.384. The van der Waals surface area contributed by atoms with Gasteiger partial charge < -0.3 is 5.32 Å². The van der Waals surface area contributed by atoms with Crippen molar-refractivity contribution in [3.63, 3.8) is 0 Å². The molecule has 7 heteroatoms. The molecule has 0 saturated carbocycles. The fraction of sp³-hybridized carbons (Fsp3) is 0.154. The molecule has 0 radical (unpaired) electrons. The fourth-order valence-electron chi connectivity index (χ4n) is 1.72. The van der Waals surface area contributed by atoms with Gasteiger partial charge in [-0.05, 0) is 40.5 Å². The van der Waals surface area contributed by atoms with Gasteiger partial charge in [-0.25, -0.2) is 4.98 Å². The van der Waals surface area contributed by atoms with Crippen LogP contribution in [0, 0.1) is 10.1 Å². The molecule has 0 saturated heterocycles. The number of benzene rings is 1. The quantitative estimate of drug-likeness (QED) is 0.597. The minimum Gasteiger partial charge on any atom is -0.358 e. The van der Waals surface area contributed by atoms with Gasteiger partial charge in [0.1, 0.15) is 0 Å². The van der Waals surface area contributed by atoms with Gasteiger partial charge in [0.2, 0.25) is 5.82 Å². The van der Waals surface area contributed by atoms with Crippen molar-refractivity contribution in [1.29, 1.82) is 0 Å². The molecule has 1 heterocycles. The third-order valence-corrected chi connectivity index (χ3v) is 3.72. The van der Waals surface area contributed by atoms with E-state index in [2.05, 4.69) is 42.2 Å². The monoisotopic (exact) mass is 399 g/mol. The summed E-state index contributed by atoms with van der Waals surface area (Å²) in [6.07, 6.45) is 1.53. The second kappa shape index (κ2) is 6.32. The molecule has 1 N–H and O–H groups in total. The van der Waals surface area contributed by atoms with Crippen LogP contribution in [0.25, 0.3) is 0 Å². The van der Waals surface area contributed by atoms with Crippen molar-refractivity contribution in [2.75, 3.05) is 5.32 Å². The topological polar surface area (TPSA) is 68.1 Å². The molecule has 1 unspecified atom stereocenters. The summed E-state index contributed by atoms with van der Waals surface area (Å²) in [4.78, 5) is 14.7. The number of nitrogens with zero attached hydrogens (tertiary/aromatic N) is 2. The molecule has 0 aliphatic carbocycles. The molecule has 2 rings (SSSR count). The van der Waals surface area contributed by atoms with Crippen molar-refractivity contribution >= 4 is 43.4 Å². The van der Waals surface area contributed by atoms with Crippen LogP contribution in [0.3, 0.4) is 0 Å². The van der Waals surface area contributed by atoms with Crippen LogP contribution in [-0.4, -0.2) is 9.91 Å². The van der Waals surface area contributed by atoms with Crippen LogP contribution in [0.2, 0.25) is 0 Å². The molecule has 0 amide bonds. The van der Waals surface area contributed by atoms with E-state index in [1.807, 2.05) is 31.2 Å². The molecule has 1 aromatic carbocycles. The Morgan fingerprint density at radius 1 is 1.25 bits per heavy atom. The molecule has 0 aliphatic heterocycles. The lowest BCUT2D eigenvalue weighted by Crippen LogP contribution is -2.09. The maximum absolute atomic E-state index is 11.0. The molecule has 1 aromatic heterocycles. The van der Waals surface area contributed by atoms with Gasteiger partial charge in [-0.1, -0.05) is 28.1 Å². The SMILES string of the molecule is CC(Nc1ncc(Br)cc1[N+](=O)[O-])c1ccc(Br)cc1. The Kier molecular flexibility index (Phi) is 4.72. The van der Waals surface area contributed by atoms with Gasteiger partial charge >= 0.3 is 5.69 Å². The Morgan fingerprint density at radius 2 is 1.90 bits per heavy atom. The number of hydrogen-bond donors (Lipinski definition) is 1. The lowest BCUT2D eigenvalue weighted by Gasteiger charge is -2.15. The first-order valence-corrected chi connectivity index (χ1v) is 7.38. The zero-order valence-corrected chi connectivity index (χ0v) is 13.7. The highest BCUT2D eigenvalue weighted by atomic mass is 79.9. The molecule has 20 heavy (non-hydrogen) atoms. The minimum atomic E-state index is -0.450. The third-order valence-electron chi connectivity index (χ3n) is 2.75. The highest BCUT2D eigenvalue weighted by molar-refractivity contribution is 9.10. The van der Waals surface area contributed by atoms with Crippen molar-refractivity contribution in [2.45, 2.75) is 13.0 Å². The summed E-state index contributed by atoms with van der Waals surface area (Å²) in [7, 11) is 0. The molecule has 0 fully saturated rings. The summed E-state index contributed by atoms with van der Waals surface area (Å²) < 4.78 is 1.56. The smallest absolute Gasteiger partial charge is 0.312 e. The number of anilines is 1. The summed E-state index contributed by atoms with van der Waals surface area (Å²) in [5.41, 5.74) is 0.968. The van der Waals surface area contributed by atoms with E-state index in [0.717, 1.165) is 10.0 Å².